The van der Waals surface area contributed by atoms with Gasteiger partial charge < -0.3 is 4.74 Å². The second-order valence-corrected chi connectivity index (χ2v) is 8.32. The number of aryl methyl sites for hydroxylation is 1. The second kappa shape index (κ2) is 12.5. The van der Waals surface area contributed by atoms with Crippen molar-refractivity contribution in [1.82, 2.24) is 0 Å². The third kappa shape index (κ3) is 6.56. The highest BCUT2D eigenvalue weighted by molar-refractivity contribution is 5.57. The Morgan fingerprint density at radius 2 is 1.50 bits per heavy atom. The highest BCUT2D eigenvalue weighted by Gasteiger charge is 2.22. The van der Waals surface area contributed by atoms with E-state index < -0.39 is 0 Å². The summed E-state index contributed by atoms with van der Waals surface area (Å²) in [5.41, 5.74) is 1.94. The van der Waals surface area contributed by atoms with Crippen molar-refractivity contribution in [3.8, 4) is 17.9 Å². The number of ether oxygens (including phenoxy) is 1. The first-order valence-electron chi connectivity index (χ1n) is 11.3. The molecule has 0 radical (unpaired) electrons. The van der Waals surface area contributed by atoms with E-state index in [9.17, 15) is 10.5 Å². The molecule has 1 saturated carbocycles. The van der Waals surface area contributed by atoms with Gasteiger partial charge in [0, 0.05) is 0 Å². The van der Waals surface area contributed by atoms with Gasteiger partial charge in [0.1, 0.15) is 23.5 Å². The summed E-state index contributed by atoms with van der Waals surface area (Å²) < 4.78 is 5.74. The molecule has 0 heterocycles. The molecule has 152 valence electrons. The molecule has 0 spiro atoms. The molecular formula is C25H36N2O. The number of rotatable bonds is 11. The third-order valence-corrected chi connectivity index (χ3v) is 6.24. The number of hydrogen-bond donors (Lipinski definition) is 0. The zero-order valence-electron chi connectivity index (χ0n) is 17.8. The Balaban J connectivity index is 1.90. The van der Waals surface area contributed by atoms with Crippen LogP contribution in [0.4, 0.5) is 0 Å². The average molecular weight is 381 g/mol. The second-order valence-electron chi connectivity index (χ2n) is 8.32. The van der Waals surface area contributed by atoms with Gasteiger partial charge in [-0.05, 0) is 42.7 Å². The summed E-state index contributed by atoms with van der Waals surface area (Å²) in [4.78, 5) is 0. The molecule has 1 fully saturated rings. The summed E-state index contributed by atoms with van der Waals surface area (Å²) in [5, 5.41) is 19.2. The Labute approximate surface area is 171 Å². The highest BCUT2D eigenvalue weighted by atomic mass is 16.5. The van der Waals surface area contributed by atoms with Crippen molar-refractivity contribution in [2.75, 3.05) is 6.61 Å². The molecule has 0 aliphatic heterocycles. The number of unbranched alkanes of at least 4 members (excludes halogenated alkanes) is 3. The van der Waals surface area contributed by atoms with Crippen molar-refractivity contribution in [2.24, 2.45) is 11.8 Å². The van der Waals surface area contributed by atoms with Crippen LogP contribution in [0.15, 0.2) is 12.1 Å². The van der Waals surface area contributed by atoms with Gasteiger partial charge in [-0.25, -0.2) is 0 Å². The van der Waals surface area contributed by atoms with Crippen molar-refractivity contribution < 1.29 is 4.74 Å². The molecular weight excluding hydrogens is 344 g/mol. The molecule has 0 N–H and O–H groups in total. The average Bonchev–Trinajstić information content (AvgIpc) is 2.73. The van der Waals surface area contributed by atoms with E-state index in [2.05, 4.69) is 26.0 Å². The Morgan fingerprint density at radius 3 is 2.11 bits per heavy atom. The maximum absolute atomic E-state index is 9.64. The van der Waals surface area contributed by atoms with Crippen LogP contribution in [-0.2, 0) is 6.42 Å². The smallest absolute Gasteiger partial charge is 0.138 e. The first-order chi connectivity index (χ1) is 13.7. The van der Waals surface area contributed by atoms with E-state index in [0.29, 0.717) is 23.5 Å². The predicted molar refractivity (Wildman–Crippen MR) is 114 cm³/mol. The van der Waals surface area contributed by atoms with Gasteiger partial charge in [-0.15, -0.1) is 0 Å². The molecule has 3 nitrogen and oxygen atoms in total. The van der Waals surface area contributed by atoms with Crippen molar-refractivity contribution in [3.63, 3.8) is 0 Å². The Morgan fingerprint density at radius 1 is 0.857 bits per heavy atom. The molecule has 0 amide bonds. The SMILES string of the molecule is CCCCCC1CCC(CCc2ccc(OCCCC)c(C#N)c2C#N)CC1. The number of hydrogen-bond acceptors (Lipinski definition) is 3. The highest BCUT2D eigenvalue weighted by Crippen LogP contribution is 2.35. The molecule has 3 heteroatoms. The lowest BCUT2D eigenvalue weighted by atomic mass is 9.77. The van der Waals surface area contributed by atoms with Crippen LogP contribution in [-0.4, -0.2) is 6.61 Å². The van der Waals surface area contributed by atoms with Crippen LogP contribution < -0.4 is 4.74 Å². The van der Waals surface area contributed by atoms with Crippen molar-refractivity contribution in [2.45, 2.75) is 90.9 Å². The van der Waals surface area contributed by atoms with E-state index in [1.165, 1.54) is 51.4 Å². The van der Waals surface area contributed by atoms with Crippen LogP contribution in [0.1, 0.15) is 101 Å². The first kappa shape index (κ1) is 22.3. The van der Waals surface area contributed by atoms with Gasteiger partial charge in [0.05, 0.1) is 12.2 Å². The van der Waals surface area contributed by atoms with Crippen LogP contribution in [0, 0.1) is 34.5 Å². The van der Waals surface area contributed by atoms with Gasteiger partial charge in [0.2, 0.25) is 0 Å². The topological polar surface area (TPSA) is 56.8 Å². The Kier molecular flexibility index (Phi) is 9.92. The summed E-state index contributed by atoms with van der Waals surface area (Å²) in [6.45, 7) is 4.97. The van der Waals surface area contributed by atoms with Crippen molar-refractivity contribution in [1.29, 1.82) is 10.5 Å². The van der Waals surface area contributed by atoms with Crippen molar-refractivity contribution in [3.05, 3.63) is 28.8 Å². The van der Waals surface area contributed by atoms with E-state index in [1.54, 1.807) is 0 Å². The lowest BCUT2D eigenvalue weighted by molar-refractivity contribution is 0.249. The van der Waals surface area contributed by atoms with Crippen LogP contribution in [0.3, 0.4) is 0 Å². The summed E-state index contributed by atoms with van der Waals surface area (Å²) in [6.07, 6.45) is 14.9. The summed E-state index contributed by atoms with van der Waals surface area (Å²) >= 11 is 0. The fraction of sp³-hybridized carbons (Fsp3) is 0.680. The number of nitriles is 2. The normalized spacial score (nSPS) is 19.0. The molecule has 1 aromatic carbocycles. The van der Waals surface area contributed by atoms with E-state index >= 15 is 0 Å². The van der Waals surface area contributed by atoms with Crippen molar-refractivity contribution >= 4 is 0 Å². The zero-order chi connectivity index (χ0) is 20.2. The molecule has 1 aliphatic rings. The lowest BCUT2D eigenvalue weighted by Crippen LogP contribution is -2.15. The fourth-order valence-corrected chi connectivity index (χ4v) is 4.37. The van der Waals surface area contributed by atoms with Crippen LogP contribution in [0.25, 0.3) is 0 Å². The Hall–Kier alpha value is -2.00. The molecule has 0 atom stereocenters. The monoisotopic (exact) mass is 380 g/mol. The lowest BCUT2D eigenvalue weighted by Gasteiger charge is -2.28. The van der Waals surface area contributed by atoms with E-state index in [-0.39, 0.29) is 0 Å². The molecule has 0 unspecified atom stereocenters. The maximum atomic E-state index is 9.64. The summed E-state index contributed by atoms with van der Waals surface area (Å²) in [5.74, 6) is 2.26. The standard InChI is InChI=1S/C25H36N2O/c1-3-5-7-8-20-9-11-21(12-10-20)13-14-22-15-16-25(28-17-6-4-2)24(19-27)23(22)18-26/h15-16,20-21H,3-14,17H2,1-2H3. The molecule has 1 aromatic rings. The quantitative estimate of drug-likeness (QED) is 0.391. The predicted octanol–water partition coefficient (Wildman–Crippen LogP) is 6.93. The van der Waals surface area contributed by atoms with Gasteiger partial charge >= 0.3 is 0 Å². The van der Waals surface area contributed by atoms with Gasteiger partial charge in [0.25, 0.3) is 0 Å². The first-order valence-corrected chi connectivity index (χ1v) is 11.3. The maximum Gasteiger partial charge on any atom is 0.138 e. The zero-order valence-corrected chi connectivity index (χ0v) is 17.8. The van der Waals surface area contributed by atoms with Gasteiger partial charge in [-0.1, -0.05) is 77.7 Å². The van der Waals surface area contributed by atoms with Crippen LogP contribution in [0.5, 0.6) is 5.75 Å². The molecule has 0 bridgehead atoms. The number of benzene rings is 1. The largest absolute Gasteiger partial charge is 0.492 e. The minimum absolute atomic E-state index is 0.413. The van der Waals surface area contributed by atoms with Crippen LogP contribution in [0.2, 0.25) is 0 Å². The minimum Gasteiger partial charge on any atom is -0.492 e. The number of nitrogens with zero attached hydrogens (tertiary/aromatic N) is 2. The molecule has 0 saturated heterocycles. The van der Waals surface area contributed by atoms with E-state index in [4.69, 9.17) is 4.74 Å². The molecule has 1 aliphatic carbocycles. The molecule has 2 rings (SSSR count). The summed E-state index contributed by atoms with van der Waals surface area (Å²) in [7, 11) is 0. The van der Waals surface area contributed by atoms with Gasteiger partial charge in [-0.3, -0.25) is 0 Å². The van der Waals surface area contributed by atoms with Gasteiger partial charge in [-0.2, -0.15) is 10.5 Å². The van der Waals surface area contributed by atoms with Gasteiger partial charge in [0.15, 0.2) is 0 Å². The minimum atomic E-state index is 0.413. The molecule has 28 heavy (non-hydrogen) atoms. The van der Waals surface area contributed by atoms with Crippen LogP contribution >= 0.6 is 0 Å². The Bertz CT molecular complexity index is 675. The third-order valence-electron chi connectivity index (χ3n) is 6.24. The summed E-state index contributed by atoms with van der Waals surface area (Å²) in [6, 6.07) is 8.35. The molecule has 0 aromatic heterocycles. The van der Waals surface area contributed by atoms with E-state index in [1.807, 2.05) is 12.1 Å². The van der Waals surface area contributed by atoms with E-state index in [0.717, 1.165) is 43.1 Å². The fourth-order valence-electron chi connectivity index (χ4n) is 4.37.